The Kier molecular flexibility index (Phi) is 4.67. The standard InChI is InChI=1S/C19H18F3N3O2/c1-10(2)9-25-16-15(17(26)24-18(25)27)13(19(20,21)22)8-14(23-16)12-7-5-4-6-11(12)3/h4-8,10H,9H2,1-3H3,(H,24,26,27). The van der Waals surface area contributed by atoms with Gasteiger partial charge in [-0.1, -0.05) is 38.1 Å². The molecule has 0 saturated heterocycles. The van der Waals surface area contributed by atoms with Crippen molar-refractivity contribution in [3.63, 3.8) is 0 Å². The van der Waals surface area contributed by atoms with Crippen molar-refractivity contribution in [3.05, 3.63) is 62.3 Å². The lowest BCUT2D eigenvalue weighted by molar-refractivity contribution is -0.136. The first kappa shape index (κ1) is 18.9. The maximum Gasteiger partial charge on any atom is 0.417 e. The second-order valence-corrected chi connectivity index (χ2v) is 6.83. The van der Waals surface area contributed by atoms with E-state index in [1.165, 1.54) is 0 Å². The number of H-pyrrole nitrogens is 1. The van der Waals surface area contributed by atoms with E-state index in [1.807, 2.05) is 18.8 Å². The number of rotatable bonds is 3. The van der Waals surface area contributed by atoms with E-state index in [0.717, 1.165) is 16.2 Å². The summed E-state index contributed by atoms with van der Waals surface area (Å²) in [6, 6.07) is 7.74. The Morgan fingerprint density at radius 2 is 1.85 bits per heavy atom. The van der Waals surface area contributed by atoms with Crippen LogP contribution in [0.2, 0.25) is 0 Å². The van der Waals surface area contributed by atoms with Crippen molar-refractivity contribution in [2.24, 2.45) is 5.92 Å². The third-order valence-electron chi connectivity index (χ3n) is 4.22. The smallest absolute Gasteiger partial charge is 0.277 e. The summed E-state index contributed by atoms with van der Waals surface area (Å²) in [7, 11) is 0. The van der Waals surface area contributed by atoms with Gasteiger partial charge in [-0.15, -0.1) is 0 Å². The van der Waals surface area contributed by atoms with Gasteiger partial charge >= 0.3 is 11.9 Å². The minimum Gasteiger partial charge on any atom is -0.277 e. The first-order valence-corrected chi connectivity index (χ1v) is 8.40. The number of hydrogen-bond acceptors (Lipinski definition) is 3. The summed E-state index contributed by atoms with van der Waals surface area (Å²) in [6.07, 6.45) is -4.77. The van der Waals surface area contributed by atoms with Crippen LogP contribution in [0.4, 0.5) is 13.2 Å². The summed E-state index contributed by atoms with van der Waals surface area (Å²) in [6.45, 7) is 5.53. The molecule has 0 fully saturated rings. The molecule has 1 aromatic carbocycles. The van der Waals surface area contributed by atoms with Gasteiger partial charge in [-0.05, 0) is 24.5 Å². The monoisotopic (exact) mass is 377 g/mol. The molecule has 3 rings (SSSR count). The molecular weight excluding hydrogens is 359 g/mol. The van der Waals surface area contributed by atoms with Gasteiger partial charge in [0.2, 0.25) is 0 Å². The Morgan fingerprint density at radius 1 is 1.19 bits per heavy atom. The number of benzene rings is 1. The molecule has 3 aromatic rings. The highest BCUT2D eigenvalue weighted by Crippen LogP contribution is 2.35. The molecule has 1 N–H and O–H groups in total. The maximum atomic E-state index is 13.7. The minimum atomic E-state index is -4.77. The first-order chi connectivity index (χ1) is 12.6. The van der Waals surface area contributed by atoms with Crippen molar-refractivity contribution < 1.29 is 13.2 Å². The van der Waals surface area contributed by atoms with Crippen LogP contribution in [0, 0.1) is 12.8 Å². The van der Waals surface area contributed by atoms with Gasteiger partial charge in [-0.3, -0.25) is 14.3 Å². The summed E-state index contributed by atoms with van der Waals surface area (Å²) in [4.78, 5) is 30.7. The van der Waals surface area contributed by atoms with Crippen molar-refractivity contribution in [3.8, 4) is 11.3 Å². The Balaban J connectivity index is 2.50. The Labute approximate surface area is 152 Å². The fraction of sp³-hybridized carbons (Fsp3) is 0.316. The lowest BCUT2D eigenvalue weighted by Crippen LogP contribution is -2.33. The van der Waals surface area contributed by atoms with Crippen LogP contribution in [0.25, 0.3) is 22.3 Å². The summed E-state index contributed by atoms with van der Waals surface area (Å²) < 4.78 is 42.3. The molecule has 0 bridgehead atoms. The van der Waals surface area contributed by atoms with Crippen molar-refractivity contribution in [1.82, 2.24) is 14.5 Å². The molecule has 142 valence electrons. The van der Waals surface area contributed by atoms with E-state index in [-0.39, 0.29) is 23.8 Å². The molecule has 0 spiro atoms. The van der Waals surface area contributed by atoms with Crippen LogP contribution in [0.3, 0.4) is 0 Å². The summed E-state index contributed by atoms with van der Waals surface area (Å²) >= 11 is 0. The molecule has 0 aliphatic heterocycles. The van der Waals surface area contributed by atoms with Gasteiger partial charge in [-0.25, -0.2) is 9.78 Å². The van der Waals surface area contributed by atoms with Crippen molar-refractivity contribution in [1.29, 1.82) is 0 Å². The first-order valence-electron chi connectivity index (χ1n) is 8.40. The van der Waals surface area contributed by atoms with Crippen molar-refractivity contribution in [2.45, 2.75) is 33.5 Å². The van der Waals surface area contributed by atoms with Crippen molar-refractivity contribution >= 4 is 11.0 Å². The van der Waals surface area contributed by atoms with E-state index < -0.39 is 28.4 Å². The number of fused-ring (bicyclic) bond motifs is 1. The molecule has 8 heteroatoms. The molecule has 0 unspecified atom stereocenters. The van der Waals surface area contributed by atoms with E-state index in [2.05, 4.69) is 4.98 Å². The predicted molar refractivity (Wildman–Crippen MR) is 96.6 cm³/mol. The van der Waals surface area contributed by atoms with Gasteiger partial charge in [0.1, 0.15) is 0 Å². The fourth-order valence-corrected chi connectivity index (χ4v) is 3.03. The average molecular weight is 377 g/mol. The van der Waals surface area contributed by atoms with Gasteiger partial charge < -0.3 is 0 Å². The van der Waals surface area contributed by atoms with Gasteiger partial charge in [0.15, 0.2) is 5.65 Å². The maximum absolute atomic E-state index is 13.7. The lowest BCUT2D eigenvalue weighted by atomic mass is 10.0. The molecule has 0 aliphatic carbocycles. The summed E-state index contributed by atoms with van der Waals surface area (Å²) in [5.74, 6) is -0.0324. The molecule has 0 radical (unpaired) electrons. The predicted octanol–water partition coefficient (Wildman–Crippen LogP) is 3.74. The molecule has 0 aliphatic rings. The number of nitrogens with zero attached hydrogens (tertiary/aromatic N) is 2. The fourth-order valence-electron chi connectivity index (χ4n) is 3.03. The highest BCUT2D eigenvalue weighted by Gasteiger charge is 2.35. The number of halogens is 3. The Morgan fingerprint density at radius 3 is 2.44 bits per heavy atom. The Bertz CT molecular complexity index is 1130. The van der Waals surface area contributed by atoms with Crippen LogP contribution in [-0.2, 0) is 12.7 Å². The number of nitrogens with one attached hydrogen (secondary N) is 1. The Hall–Kier alpha value is -2.90. The molecule has 0 atom stereocenters. The third-order valence-corrected chi connectivity index (χ3v) is 4.22. The lowest BCUT2D eigenvalue weighted by Gasteiger charge is -2.16. The number of hydrogen-bond donors (Lipinski definition) is 1. The third kappa shape index (κ3) is 3.51. The normalized spacial score (nSPS) is 12.1. The number of alkyl halides is 3. The quantitative estimate of drug-likeness (QED) is 0.756. The van der Waals surface area contributed by atoms with Crippen LogP contribution in [0.1, 0.15) is 25.0 Å². The summed E-state index contributed by atoms with van der Waals surface area (Å²) in [5, 5.41) is -0.625. The van der Waals surface area contributed by atoms with Crippen LogP contribution in [-0.4, -0.2) is 14.5 Å². The van der Waals surface area contributed by atoms with E-state index in [4.69, 9.17) is 0 Å². The molecular formula is C19H18F3N3O2. The number of aromatic nitrogens is 3. The van der Waals surface area contributed by atoms with Gasteiger partial charge in [-0.2, -0.15) is 13.2 Å². The van der Waals surface area contributed by atoms with Crippen molar-refractivity contribution in [2.75, 3.05) is 0 Å². The van der Waals surface area contributed by atoms with E-state index in [0.29, 0.717) is 5.56 Å². The highest BCUT2D eigenvalue weighted by molar-refractivity contribution is 5.83. The zero-order chi connectivity index (χ0) is 19.9. The molecule has 2 aromatic heterocycles. The molecule has 5 nitrogen and oxygen atoms in total. The number of aromatic amines is 1. The second kappa shape index (κ2) is 6.68. The van der Waals surface area contributed by atoms with Crippen LogP contribution in [0.15, 0.2) is 39.9 Å². The zero-order valence-electron chi connectivity index (χ0n) is 15.0. The van der Waals surface area contributed by atoms with Crippen LogP contribution in [0.5, 0.6) is 0 Å². The van der Waals surface area contributed by atoms with Crippen LogP contribution >= 0.6 is 0 Å². The minimum absolute atomic E-state index is 0.0324. The highest BCUT2D eigenvalue weighted by atomic mass is 19.4. The topological polar surface area (TPSA) is 67.8 Å². The van der Waals surface area contributed by atoms with E-state index in [9.17, 15) is 22.8 Å². The van der Waals surface area contributed by atoms with Crippen LogP contribution < -0.4 is 11.2 Å². The number of aryl methyl sites for hydroxylation is 1. The number of pyridine rings is 1. The van der Waals surface area contributed by atoms with Gasteiger partial charge in [0.25, 0.3) is 5.56 Å². The average Bonchev–Trinajstić information content (AvgIpc) is 2.57. The molecule has 0 amide bonds. The van der Waals surface area contributed by atoms with E-state index >= 15 is 0 Å². The zero-order valence-corrected chi connectivity index (χ0v) is 15.0. The molecule has 27 heavy (non-hydrogen) atoms. The van der Waals surface area contributed by atoms with Gasteiger partial charge in [0.05, 0.1) is 16.6 Å². The van der Waals surface area contributed by atoms with E-state index in [1.54, 1.807) is 31.2 Å². The summed E-state index contributed by atoms with van der Waals surface area (Å²) in [5.41, 5.74) is -1.92. The SMILES string of the molecule is Cc1ccccc1-c1cc(C(F)(F)F)c2c(=O)[nH]c(=O)n(CC(C)C)c2n1. The second-order valence-electron chi connectivity index (χ2n) is 6.83. The molecule has 2 heterocycles. The largest absolute Gasteiger partial charge is 0.417 e. The van der Waals surface area contributed by atoms with Gasteiger partial charge in [0, 0.05) is 12.1 Å². The molecule has 0 saturated carbocycles.